The molecule has 0 unspecified atom stereocenters. The molecule has 19 heavy (non-hydrogen) atoms. The molecule has 0 atom stereocenters. The quantitative estimate of drug-likeness (QED) is 0.707. The average molecular weight is 250 g/mol. The van der Waals surface area contributed by atoms with E-state index in [2.05, 4.69) is 17.1 Å². The molecule has 0 spiro atoms. The largest absolute Gasteiger partial charge is 0.455 e. The lowest BCUT2D eigenvalue weighted by atomic mass is 10.2. The van der Waals surface area contributed by atoms with E-state index in [-0.39, 0.29) is 0 Å². The maximum atomic E-state index is 5.78. The Hall–Kier alpha value is -2.55. The van der Waals surface area contributed by atoms with Crippen LogP contribution >= 0.6 is 0 Å². The van der Waals surface area contributed by atoms with E-state index in [1.165, 1.54) is 0 Å². The van der Waals surface area contributed by atoms with Crippen LogP contribution in [0.15, 0.2) is 59.4 Å². The molecular formula is C16H14N2O. The van der Waals surface area contributed by atoms with Crippen LogP contribution in [0.1, 0.15) is 11.3 Å². The first kappa shape index (κ1) is 11.5. The molecule has 3 nitrogen and oxygen atoms in total. The predicted molar refractivity (Wildman–Crippen MR) is 76.3 cm³/mol. The summed E-state index contributed by atoms with van der Waals surface area (Å²) in [6.07, 6.45) is 7.56. The van der Waals surface area contributed by atoms with Crippen LogP contribution in [0, 0.1) is 0 Å². The van der Waals surface area contributed by atoms with Crippen molar-refractivity contribution in [2.45, 2.75) is 0 Å². The van der Waals surface area contributed by atoms with Gasteiger partial charge in [-0.1, -0.05) is 36.4 Å². The fraction of sp³-hybridized carbons (Fsp3) is 0.0625. The highest BCUT2D eigenvalue weighted by molar-refractivity contribution is 5.68. The minimum atomic E-state index is 0.827. The van der Waals surface area contributed by atoms with Gasteiger partial charge < -0.3 is 8.98 Å². The molecule has 0 N–H and O–H groups in total. The third-order valence-corrected chi connectivity index (χ3v) is 2.94. The zero-order valence-corrected chi connectivity index (χ0v) is 10.7. The van der Waals surface area contributed by atoms with Gasteiger partial charge in [0.05, 0.1) is 12.5 Å². The lowest BCUT2D eigenvalue weighted by Gasteiger charge is -1.96. The van der Waals surface area contributed by atoms with Crippen LogP contribution in [0.4, 0.5) is 0 Å². The summed E-state index contributed by atoms with van der Waals surface area (Å²) >= 11 is 0. The Morgan fingerprint density at radius 1 is 1.05 bits per heavy atom. The van der Waals surface area contributed by atoms with Crippen molar-refractivity contribution in [3.63, 3.8) is 0 Å². The number of imidazole rings is 1. The average Bonchev–Trinajstić information content (AvgIpc) is 3.06. The SMILES string of the molecule is Cn1cncc1-c1ccc(/C=C/c2ccccc2)o1. The first-order valence-corrected chi connectivity index (χ1v) is 6.12. The first-order chi connectivity index (χ1) is 9.33. The molecular weight excluding hydrogens is 236 g/mol. The number of furan rings is 1. The molecule has 0 aliphatic heterocycles. The number of aromatic nitrogens is 2. The van der Waals surface area contributed by atoms with Gasteiger partial charge in [0.15, 0.2) is 5.76 Å². The molecule has 3 heteroatoms. The normalized spacial score (nSPS) is 11.2. The fourth-order valence-electron chi connectivity index (χ4n) is 1.92. The van der Waals surface area contributed by atoms with Crippen molar-refractivity contribution in [2.24, 2.45) is 7.05 Å². The van der Waals surface area contributed by atoms with E-state index in [0.29, 0.717) is 0 Å². The monoisotopic (exact) mass is 250 g/mol. The fourth-order valence-corrected chi connectivity index (χ4v) is 1.92. The molecule has 3 aromatic rings. The molecule has 0 saturated carbocycles. The van der Waals surface area contributed by atoms with E-state index in [1.54, 1.807) is 12.5 Å². The molecule has 0 saturated heterocycles. The highest BCUT2D eigenvalue weighted by atomic mass is 16.3. The first-order valence-electron chi connectivity index (χ1n) is 6.12. The van der Waals surface area contributed by atoms with E-state index < -0.39 is 0 Å². The minimum absolute atomic E-state index is 0.827. The Balaban J connectivity index is 1.83. The van der Waals surface area contributed by atoms with Gasteiger partial charge in [0.25, 0.3) is 0 Å². The maximum absolute atomic E-state index is 5.78. The molecule has 1 aromatic carbocycles. The second-order valence-electron chi connectivity index (χ2n) is 4.34. The van der Waals surface area contributed by atoms with Gasteiger partial charge in [-0.2, -0.15) is 0 Å². The van der Waals surface area contributed by atoms with Crippen LogP contribution in [-0.4, -0.2) is 9.55 Å². The van der Waals surface area contributed by atoms with Crippen molar-refractivity contribution in [1.82, 2.24) is 9.55 Å². The van der Waals surface area contributed by atoms with Crippen molar-refractivity contribution in [3.8, 4) is 11.5 Å². The van der Waals surface area contributed by atoms with Crippen molar-refractivity contribution in [3.05, 3.63) is 66.3 Å². The van der Waals surface area contributed by atoms with Crippen molar-refractivity contribution in [1.29, 1.82) is 0 Å². The summed E-state index contributed by atoms with van der Waals surface area (Å²) in [7, 11) is 1.95. The molecule has 2 heterocycles. The summed E-state index contributed by atoms with van der Waals surface area (Å²) < 4.78 is 7.72. The van der Waals surface area contributed by atoms with Crippen LogP contribution in [0.25, 0.3) is 23.6 Å². The molecule has 3 rings (SSSR count). The Kier molecular flexibility index (Phi) is 3.02. The van der Waals surface area contributed by atoms with Gasteiger partial charge in [-0.05, 0) is 23.8 Å². The number of hydrogen-bond acceptors (Lipinski definition) is 2. The summed E-state index contributed by atoms with van der Waals surface area (Å²) in [5.41, 5.74) is 2.13. The van der Waals surface area contributed by atoms with Crippen LogP contribution < -0.4 is 0 Å². The van der Waals surface area contributed by atoms with E-state index in [1.807, 2.05) is 54.1 Å². The molecule has 0 amide bonds. The van der Waals surface area contributed by atoms with Crippen LogP contribution in [-0.2, 0) is 7.05 Å². The van der Waals surface area contributed by atoms with Gasteiger partial charge >= 0.3 is 0 Å². The summed E-state index contributed by atoms with van der Waals surface area (Å²) in [5.74, 6) is 1.66. The van der Waals surface area contributed by atoms with E-state index in [9.17, 15) is 0 Å². The van der Waals surface area contributed by atoms with E-state index in [0.717, 1.165) is 22.8 Å². The molecule has 0 radical (unpaired) electrons. The zero-order valence-electron chi connectivity index (χ0n) is 10.7. The highest BCUT2D eigenvalue weighted by Gasteiger charge is 2.06. The molecule has 2 aromatic heterocycles. The number of nitrogens with zero attached hydrogens (tertiary/aromatic N) is 2. The molecule has 0 fully saturated rings. The van der Waals surface area contributed by atoms with Crippen LogP contribution in [0.3, 0.4) is 0 Å². The van der Waals surface area contributed by atoms with Crippen molar-refractivity contribution < 1.29 is 4.42 Å². The standard InChI is InChI=1S/C16H14N2O/c1-18-12-17-11-15(18)16-10-9-14(19-16)8-7-13-5-3-2-4-6-13/h2-12H,1H3/b8-7+. The van der Waals surface area contributed by atoms with Gasteiger partial charge in [-0.25, -0.2) is 4.98 Å². The Bertz CT molecular complexity index is 692. The van der Waals surface area contributed by atoms with Gasteiger partial charge in [-0.15, -0.1) is 0 Å². The van der Waals surface area contributed by atoms with Gasteiger partial charge in [-0.3, -0.25) is 0 Å². The van der Waals surface area contributed by atoms with E-state index in [4.69, 9.17) is 4.42 Å². The lowest BCUT2D eigenvalue weighted by molar-refractivity contribution is 0.567. The summed E-state index contributed by atoms with van der Waals surface area (Å²) in [5, 5.41) is 0. The molecule has 0 bridgehead atoms. The summed E-state index contributed by atoms with van der Waals surface area (Å²) in [6, 6.07) is 14.1. The summed E-state index contributed by atoms with van der Waals surface area (Å²) in [6.45, 7) is 0. The Labute approximate surface area is 111 Å². The predicted octanol–water partition coefficient (Wildman–Crippen LogP) is 3.85. The second kappa shape index (κ2) is 4.98. The number of hydrogen-bond donors (Lipinski definition) is 0. The van der Waals surface area contributed by atoms with Crippen molar-refractivity contribution in [2.75, 3.05) is 0 Å². The molecule has 94 valence electrons. The number of aryl methyl sites for hydroxylation is 1. The van der Waals surface area contributed by atoms with Crippen LogP contribution in [0.5, 0.6) is 0 Å². The number of rotatable bonds is 3. The topological polar surface area (TPSA) is 31.0 Å². The van der Waals surface area contributed by atoms with Gasteiger partial charge in [0, 0.05) is 7.05 Å². The third-order valence-electron chi connectivity index (χ3n) is 2.94. The lowest BCUT2D eigenvalue weighted by Crippen LogP contribution is -1.86. The minimum Gasteiger partial charge on any atom is -0.455 e. The van der Waals surface area contributed by atoms with Gasteiger partial charge in [0.2, 0.25) is 0 Å². The third kappa shape index (κ3) is 2.50. The maximum Gasteiger partial charge on any atom is 0.152 e. The molecule has 0 aliphatic rings. The van der Waals surface area contributed by atoms with Crippen LogP contribution in [0.2, 0.25) is 0 Å². The second-order valence-corrected chi connectivity index (χ2v) is 4.34. The Morgan fingerprint density at radius 2 is 1.89 bits per heavy atom. The zero-order chi connectivity index (χ0) is 13.1. The summed E-state index contributed by atoms with van der Waals surface area (Å²) in [4.78, 5) is 4.09. The van der Waals surface area contributed by atoms with E-state index >= 15 is 0 Å². The molecule has 0 aliphatic carbocycles. The Morgan fingerprint density at radius 3 is 2.63 bits per heavy atom. The number of benzene rings is 1. The van der Waals surface area contributed by atoms with Crippen molar-refractivity contribution >= 4 is 12.2 Å². The smallest absolute Gasteiger partial charge is 0.152 e. The highest BCUT2D eigenvalue weighted by Crippen LogP contribution is 2.22. The van der Waals surface area contributed by atoms with Gasteiger partial charge in [0.1, 0.15) is 11.5 Å².